The number of hydrogen-bond acceptors (Lipinski definition) is 5. The first-order valence-electron chi connectivity index (χ1n) is 12.3. The Kier molecular flexibility index (Phi) is 10.3. The average molecular weight is 623 g/mol. The summed E-state index contributed by atoms with van der Waals surface area (Å²) >= 11 is 5.92. The number of rotatable bonds is 11. The minimum absolute atomic E-state index is 0.0333. The zero-order chi connectivity index (χ0) is 31.2. The highest BCUT2D eigenvalue weighted by atomic mass is 35.5. The first-order chi connectivity index (χ1) is 19.6. The number of carbonyl (C=O) groups is 2. The van der Waals surface area contributed by atoms with Crippen LogP contribution in [0.5, 0.6) is 0 Å². The van der Waals surface area contributed by atoms with Crippen LogP contribution in [0.15, 0.2) is 53.3 Å². The first kappa shape index (κ1) is 32.5. The lowest BCUT2D eigenvalue weighted by Crippen LogP contribution is -2.37. The number of aromatic nitrogens is 2. The number of aromatic amines is 1. The third-order valence-electron chi connectivity index (χ3n) is 6.11. The van der Waals surface area contributed by atoms with E-state index in [1.165, 1.54) is 30.3 Å². The molecule has 228 valence electrons. The van der Waals surface area contributed by atoms with Crippen molar-refractivity contribution < 1.29 is 45.8 Å². The van der Waals surface area contributed by atoms with Gasteiger partial charge in [-0.2, -0.15) is 26.3 Å². The predicted molar refractivity (Wildman–Crippen MR) is 138 cm³/mol. The van der Waals surface area contributed by atoms with Crippen LogP contribution >= 0.6 is 11.6 Å². The van der Waals surface area contributed by atoms with Gasteiger partial charge in [-0.25, -0.2) is 9.48 Å². The van der Waals surface area contributed by atoms with E-state index >= 15 is 0 Å². The summed E-state index contributed by atoms with van der Waals surface area (Å²) in [7, 11) is 0. The van der Waals surface area contributed by atoms with Gasteiger partial charge >= 0.3 is 18.4 Å². The fraction of sp³-hybridized carbons (Fsp3) is 0.346. The van der Waals surface area contributed by atoms with Crippen molar-refractivity contribution in [2.45, 2.75) is 50.3 Å². The lowest BCUT2D eigenvalue weighted by atomic mass is 10.0. The number of nitrogens with two attached hydrogens (primary N) is 1. The van der Waals surface area contributed by atoms with Crippen molar-refractivity contribution in [2.24, 2.45) is 5.73 Å². The third-order valence-corrected chi connectivity index (χ3v) is 6.36. The highest BCUT2D eigenvalue weighted by molar-refractivity contribution is 6.30. The van der Waals surface area contributed by atoms with Gasteiger partial charge in [-0.05, 0) is 54.7 Å². The quantitative estimate of drug-likeness (QED) is 0.229. The Morgan fingerprint density at radius 2 is 1.76 bits per heavy atom. The second-order valence-electron chi connectivity index (χ2n) is 9.19. The van der Waals surface area contributed by atoms with Crippen LogP contribution in [-0.2, 0) is 28.7 Å². The Morgan fingerprint density at radius 3 is 2.36 bits per heavy atom. The van der Waals surface area contributed by atoms with Gasteiger partial charge in [0.25, 0.3) is 5.56 Å². The van der Waals surface area contributed by atoms with E-state index in [-0.39, 0.29) is 29.7 Å². The van der Waals surface area contributed by atoms with Crippen molar-refractivity contribution in [3.8, 4) is 11.3 Å². The topological polar surface area (TPSA) is 139 Å². The van der Waals surface area contributed by atoms with E-state index in [0.29, 0.717) is 10.6 Å². The molecule has 2 amide bonds. The number of ether oxygens (including phenoxy) is 1. The number of carbonyl (C=O) groups excluding carboxylic acids is 2. The van der Waals surface area contributed by atoms with Gasteiger partial charge in [0.2, 0.25) is 5.91 Å². The standard InChI is InChI=1S/C26H25ClF6N4O5/c27-17-9-7-14(8-10-17)22-18(5-2-6-20(38)26(31,32)33)23(40)37(36-22)12-21(39)35-19(13-42-24(34)41)15-3-1-4-16(11-15)25(28,29)30/h1,3-4,7-11,19-20,36,38H,2,5-6,12-13H2,(H2,34,41)(H,35,39). The summed E-state index contributed by atoms with van der Waals surface area (Å²) in [5, 5.41) is 14.8. The molecule has 5 N–H and O–H groups in total. The molecule has 2 unspecified atom stereocenters. The second-order valence-corrected chi connectivity index (χ2v) is 9.62. The van der Waals surface area contributed by atoms with Crippen LogP contribution in [0.4, 0.5) is 31.1 Å². The SMILES string of the molecule is NC(=O)OCC(NC(=O)Cn1[nH]c(-c2ccc(Cl)cc2)c(CCCC(O)C(F)(F)F)c1=O)c1cccc(C(F)(F)F)c1. The molecular formula is C26H25ClF6N4O5. The molecular weight excluding hydrogens is 598 g/mol. The van der Waals surface area contributed by atoms with Gasteiger partial charge in [0.15, 0.2) is 0 Å². The smallest absolute Gasteiger partial charge is 0.416 e. The van der Waals surface area contributed by atoms with Crippen molar-refractivity contribution >= 4 is 23.6 Å². The van der Waals surface area contributed by atoms with Gasteiger partial charge < -0.3 is 20.9 Å². The number of aliphatic hydroxyl groups is 1. The summed E-state index contributed by atoms with van der Waals surface area (Å²) in [5.74, 6) is -0.879. The number of alkyl halides is 6. The minimum atomic E-state index is -4.83. The molecule has 3 aromatic rings. The molecule has 9 nitrogen and oxygen atoms in total. The number of nitrogens with zero attached hydrogens (tertiary/aromatic N) is 1. The molecule has 0 aliphatic heterocycles. The Hall–Kier alpha value is -3.98. The van der Waals surface area contributed by atoms with Crippen LogP contribution < -0.4 is 16.6 Å². The summed E-state index contributed by atoms with van der Waals surface area (Å²) in [5.41, 5.74) is 3.79. The molecule has 3 rings (SSSR count). The number of amides is 2. The third kappa shape index (κ3) is 8.76. The van der Waals surface area contributed by atoms with Crippen LogP contribution in [0.1, 0.15) is 35.6 Å². The van der Waals surface area contributed by atoms with Crippen molar-refractivity contribution in [2.75, 3.05) is 6.61 Å². The number of benzene rings is 2. The molecule has 0 aliphatic rings. The highest BCUT2D eigenvalue weighted by Gasteiger charge is 2.37. The Balaban J connectivity index is 1.87. The highest BCUT2D eigenvalue weighted by Crippen LogP contribution is 2.31. The van der Waals surface area contributed by atoms with Gasteiger partial charge in [0.1, 0.15) is 19.3 Å². The van der Waals surface area contributed by atoms with Gasteiger partial charge in [0, 0.05) is 10.6 Å². The van der Waals surface area contributed by atoms with Crippen molar-refractivity contribution in [1.82, 2.24) is 15.1 Å². The Labute approximate surface area is 239 Å². The number of halogens is 7. The maximum Gasteiger partial charge on any atom is 0.416 e. The molecule has 0 saturated heterocycles. The normalized spacial score (nSPS) is 13.4. The average Bonchev–Trinajstić information content (AvgIpc) is 3.20. The van der Waals surface area contributed by atoms with E-state index in [1.54, 1.807) is 0 Å². The van der Waals surface area contributed by atoms with Crippen molar-refractivity contribution in [1.29, 1.82) is 0 Å². The summed E-state index contributed by atoms with van der Waals surface area (Å²) in [4.78, 5) is 37.3. The fourth-order valence-electron chi connectivity index (χ4n) is 4.06. The molecule has 0 bridgehead atoms. The summed E-state index contributed by atoms with van der Waals surface area (Å²) < 4.78 is 83.4. The van der Waals surface area contributed by atoms with Crippen LogP contribution in [0, 0.1) is 0 Å². The Morgan fingerprint density at radius 1 is 1.10 bits per heavy atom. The van der Waals surface area contributed by atoms with Gasteiger partial charge in [-0.1, -0.05) is 35.9 Å². The molecule has 1 heterocycles. The molecule has 0 spiro atoms. The number of hydrogen-bond donors (Lipinski definition) is 4. The lowest BCUT2D eigenvalue weighted by molar-refractivity contribution is -0.205. The minimum Gasteiger partial charge on any atom is -0.447 e. The van der Waals surface area contributed by atoms with E-state index in [2.05, 4.69) is 10.4 Å². The molecule has 2 atom stereocenters. The van der Waals surface area contributed by atoms with Crippen LogP contribution in [-0.4, -0.2) is 45.8 Å². The van der Waals surface area contributed by atoms with Crippen LogP contribution in [0.3, 0.4) is 0 Å². The van der Waals surface area contributed by atoms with Crippen LogP contribution in [0.2, 0.25) is 5.02 Å². The van der Waals surface area contributed by atoms with Crippen molar-refractivity contribution in [3.05, 3.63) is 80.6 Å². The predicted octanol–water partition coefficient (Wildman–Crippen LogP) is 4.71. The summed E-state index contributed by atoms with van der Waals surface area (Å²) in [6.07, 6.45) is -14.4. The van der Waals surface area contributed by atoms with E-state index in [1.807, 2.05) is 0 Å². The van der Waals surface area contributed by atoms with Crippen molar-refractivity contribution in [3.63, 3.8) is 0 Å². The maximum atomic E-state index is 13.2. The van der Waals surface area contributed by atoms with E-state index < -0.39 is 67.2 Å². The molecule has 2 aromatic carbocycles. The molecule has 0 saturated carbocycles. The summed E-state index contributed by atoms with van der Waals surface area (Å²) in [6, 6.07) is 8.73. The van der Waals surface area contributed by atoms with E-state index in [4.69, 9.17) is 22.1 Å². The van der Waals surface area contributed by atoms with Gasteiger partial charge in [-0.3, -0.25) is 14.7 Å². The second kappa shape index (κ2) is 13.3. The van der Waals surface area contributed by atoms with E-state index in [9.17, 15) is 45.8 Å². The molecule has 0 fully saturated rings. The number of nitrogens with one attached hydrogen (secondary N) is 2. The van der Waals surface area contributed by atoms with Crippen LogP contribution in [0.25, 0.3) is 11.3 Å². The first-order valence-corrected chi connectivity index (χ1v) is 12.6. The maximum absolute atomic E-state index is 13.2. The Bertz CT molecular complexity index is 1450. The fourth-order valence-corrected chi connectivity index (χ4v) is 4.19. The number of H-pyrrole nitrogens is 1. The monoisotopic (exact) mass is 622 g/mol. The van der Waals surface area contributed by atoms with Gasteiger partial charge in [0.05, 0.1) is 17.3 Å². The largest absolute Gasteiger partial charge is 0.447 e. The van der Waals surface area contributed by atoms with Gasteiger partial charge in [-0.15, -0.1) is 0 Å². The molecule has 0 aliphatic carbocycles. The zero-order valence-electron chi connectivity index (χ0n) is 21.6. The molecule has 16 heteroatoms. The molecule has 1 aromatic heterocycles. The number of aliphatic hydroxyl groups excluding tert-OH is 1. The summed E-state index contributed by atoms with van der Waals surface area (Å²) in [6.45, 7) is -1.30. The zero-order valence-corrected chi connectivity index (χ0v) is 22.3. The molecule has 42 heavy (non-hydrogen) atoms. The number of primary amides is 1. The lowest BCUT2D eigenvalue weighted by Gasteiger charge is -2.20. The van der Waals surface area contributed by atoms with E-state index in [0.717, 1.165) is 22.9 Å². The molecule has 0 radical (unpaired) electrons.